The fourth-order valence-electron chi connectivity index (χ4n) is 2.12. The first-order chi connectivity index (χ1) is 9.28. The summed E-state index contributed by atoms with van der Waals surface area (Å²) in [7, 11) is 0. The SMILES string of the molecule is N#Cc1cccc(C(N)c2cc3ccccc3o2)c1. The largest absolute Gasteiger partial charge is 0.459 e. The Morgan fingerprint density at radius 1 is 1.05 bits per heavy atom. The Morgan fingerprint density at radius 2 is 1.89 bits per heavy atom. The second kappa shape index (κ2) is 4.60. The molecular formula is C16H12N2O. The van der Waals surface area contributed by atoms with Crippen LogP contribution in [0.2, 0.25) is 0 Å². The Morgan fingerprint density at radius 3 is 2.68 bits per heavy atom. The molecule has 0 amide bonds. The molecule has 3 nitrogen and oxygen atoms in total. The number of para-hydroxylation sites is 1. The lowest BCUT2D eigenvalue weighted by Gasteiger charge is -2.08. The summed E-state index contributed by atoms with van der Waals surface area (Å²) in [6.45, 7) is 0. The number of rotatable bonds is 2. The summed E-state index contributed by atoms with van der Waals surface area (Å²) in [5.74, 6) is 0.705. The van der Waals surface area contributed by atoms with Gasteiger partial charge < -0.3 is 10.2 Å². The number of furan rings is 1. The standard InChI is InChI=1S/C16H12N2O/c17-10-11-4-3-6-13(8-11)16(18)15-9-12-5-1-2-7-14(12)19-15/h1-9,16H,18H2. The number of fused-ring (bicyclic) bond motifs is 1. The first-order valence-corrected chi connectivity index (χ1v) is 6.02. The van der Waals surface area contributed by atoms with E-state index in [0.29, 0.717) is 11.3 Å². The minimum Gasteiger partial charge on any atom is -0.459 e. The van der Waals surface area contributed by atoms with Crippen molar-refractivity contribution in [3.63, 3.8) is 0 Å². The summed E-state index contributed by atoms with van der Waals surface area (Å²) in [5.41, 5.74) is 8.50. The molecule has 1 unspecified atom stereocenters. The summed E-state index contributed by atoms with van der Waals surface area (Å²) < 4.78 is 5.75. The average Bonchev–Trinajstić information content (AvgIpc) is 2.90. The molecule has 0 radical (unpaired) electrons. The maximum absolute atomic E-state index is 8.91. The molecule has 19 heavy (non-hydrogen) atoms. The number of nitriles is 1. The summed E-state index contributed by atoms with van der Waals surface area (Å²) in [5, 5.41) is 9.95. The van der Waals surface area contributed by atoms with E-state index in [-0.39, 0.29) is 6.04 Å². The first-order valence-electron chi connectivity index (χ1n) is 6.02. The van der Waals surface area contributed by atoms with Gasteiger partial charge in [-0.15, -0.1) is 0 Å². The Balaban J connectivity index is 2.03. The van der Waals surface area contributed by atoms with Crippen LogP contribution < -0.4 is 5.73 Å². The number of nitrogens with zero attached hydrogens (tertiary/aromatic N) is 1. The van der Waals surface area contributed by atoms with E-state index in [0.717, 1.165) is 16.5 Å². The van der Waals surface area contributed by atoms with Crippen LogP contribution in [0.15, 0.2) is 59.0 Å². The molecule has 0 aliphatic heterocycles. The summed E-state index contributed by atoms with van der Waals surface area (Å²) in [4.78, 5) is 0. The van der Waals surface area contributed by atoms with Gasteiger partial charge in [0.1, 0.15) is 11.3 Å². The average molecular weight is 248 g/mol. The Bertz CT molecular complexity index is 735. The van der Waals surface area contributed by atoms with Crippen LogP contribution in [0, 0.1) is 11.3 Å². The van der Waals surface area contributed by atoms with Gasteiger partial charge in [0.05, 0.1) is 17.7 Å². The van der Waals surface area contributed by atoms with E-state index in [4.69, 9.17) is 15.4 Å². The molecule has 3 rings (SSSR count). The lowest BCUT2D eigenvalue weighted by molar-refractivity contribution is 0.525. The van der Waals surface area contributed by atoms with E-state index >= 15 is 0 Å². The molecule has 0 aliphatic carbocycles. The lowest BCUT2D eigenvalue weighted by Crippen LogP contribution is -2.10. The first kappa shape index (κ1) is 11.5. The Labute approximate surface area is 110 Å². The Kier molecular flexibility index (Phi) is 2.79. The molecule has 1 aromatic heterocycles. The highest BCUT2D eigenvalue weighted by molar-refractivity contribution is 5.77. The van der Waals surface area contributed by atoms with Crippen LogP contribution in [0.1, 0.15) is 22.9 Å². The fraction of sp³-hybridized carbons (Fsp3) is 0.0625. The third-order valence-corrected chi connectivity index (χ3v) is 3.13. The number of hydrogen-bond acceptors (Lipinski definition) is 3. The molecule has 0 fully saturated rings. The normalized spacial score (nSPS) is 12.2. The molecule has 2 aromatic carbocycles. The van der Waals surface area contributed by atoms with E-state index in [1.807, 2.05) is 42.5 Å². The number of nitrogens with two attached hydrogens (primary N) is 1. The molecule has 2 N–H and O–H groups in total. The van der Waals surface area contributed by atoms with Gasteiger partial charge in [-0.05, 0) is 29.8 Å². The van der Waals surface area contributed by atoms with E-state index in [2.05, 4.69) is 6.07 Å². The van der Waals surface area contributed by atoms with Gasteiger partial charge in [-0.1, -0.05) is 30.3 Å². The smallest absolute Gasteiger partial charge is 0.134 e. The lowest BCUT2D eigenvalue weighted by atomic mass is 10.0. The molecule has 0 saturated carbocycles. The topological polar surface area (TPSA) is 63.0 Å². The number of benzene rings is 2. The van der Waals surface area contributed by atoms with Gasteiger partial charge in [0.15, 0.2) is 0 Å². The van der Waals surface area contributed by atoms with Crippen molar-refractivity contribution in [3.8, 4) is 6.07 Å². The van der Waals surface area contributed by atoms with Crippen molar-refractivity contribution < 1.29 is 4.42 Å². The zero-order valence-electron chi connectivity index (χ0n) is 10.2. The van der Waals surface area contributed by atoms with Crippen molar-refractivity contribution in [2.45, 2.75) is 6.04 Å². The summed E-state index contributed by atoms with van der Waals surface area (Å²) >= 11 is 0. The molecule has 3 heteroatoms. The van der Waals surface area contributed by atoms with Crippen LogP contribution in [-0.2, 0) is 0 Å². The maximum atomic E-state index is 8.91. The fourth-order valence-corrected chi connectivity index (χ4v) is 2.12. The molecule has 0 aliphatic rings. The minimum absolute atomic E-state index is 0.360. The van der Waals surface area contributed by atoms with Gasteiger partial charge in [0.2, 0.25) is 0 Å². The highest BCUT2D eigenvalue weighted by Gasteiger charge is 2.14. The van der Waals surface area contributed by atoms with Gasteiger partial charge in [0, 0.05) is 5.39 Å². The van der Waals surface area contributed by atoms with Crippen LogP contribution in [0.5, 0.6) is 0 Å². The van der Waals surface area contributed by atoms with E-state index in [1.54, 1.807) is 12.1 Å². The van der Waals surface area contributed by atoms with Crippen molar-refractivity contribution in [3.05, 3.63) is 71.5 Å². The van der Waals surface area contributed by atoms with Crippen molar-refractivity contribution in [2.24, 2.45) is 5.73 Å². The monoisotopic (exact) mass is 248 g/mol. The van der Waals surface area contributed by atoms with Gasteiger partial charge in [-0.2, -0.15) is 5.26 Å². The minimum atomic E-state index is -0.360. The van der Waals surface area contributed by atoms with Crippen molar-refractivity contribution in [2.75, 3.05) is 0 Å². The molecule has 92 valence electrons. The van der Waals surface area contributed by atoms with Gasteiger partial charge >= 0.3 is 0 Å². The maximum Gasteiger partial charge on any atom is 0.134 e. The second-order valence-corrected chi connectivity index (χ2v) is 4.40. The van der Waals surface area contributed by atoms with Gasteiger partial charge in [-0.25, -0.2) is 0 Å². The number of hydrogen-bond donors (Lipinski definition) is 1. The Hall–Kier alpha value is -2.57. The molecular weight excluding hydrogens is 236 g/mol. The molecule has 1 heterocycles. The van der Waals surface area contributed by atoms with Crippen LogP contribution in [0.3, 0.4) is 0 Å². The molecule has 3 aromatic rings. The third kappa shape index (κ3) is 2.10. The summed E-state index contributed by atoms with van der Waals surface area (Å²) in [6, 6.07) is 18.8. The zero-order valence-corrected chi connectivity index (χ0v) is 10.2. The predicted molar refractivity (Wildman–Crippen MR) is 73.4 cm³/mol. The highest BCUT2D eigenvalue weighted by atomic mass is 16.3. The predicted octanol–water partition coefficient (Wildman–Crippen LogP) is 3.35. The van der Waals surface area contributed by atoms with Crippen LogP contribution in [0.4, 0.5) is 0 Å². The van der Waals surface area contributed by atoms with Gasteiger partial charge in [0.25, 0.3) is 0 Å². The van der Waals surface area contributed by atoms with Crippen molar-refractivity contribution in [1.82, 2.24) is 0 Å². The molecule has 0 saturated heterocycles. The molecule has 0 spiro atoms. The van der Waals surface area contributed by atoms with Crippen molar-refractivity contribution in [1.29, 1.82) is 5.26 Å². The van der Waals surface area contributed by atoms with E-state index < -0.39 is 0 Å². The second-order valence-electron chi connectivity index (χ2n) is 4.40. The van der Waals surface area contributed by atoms with Crippen LogP contribution in [-0.4, -0.2) is 0 Å². The zero-order chi connectivity index (χ0) is 13.2. The third-order valence-electron chi connectivity index (χ3n) is 3.13. The highest BCUT2D eigenvalue weighted by Crippen LogP contribution is 2.26. The van der Waals surface area contributed by atoms with E-state index in [1.165, 1.54) is 0 Å². The van der Waals surface area contributed by atoms with Crippen LogP contribution >= 0.6 is 0 Å². The quantitative estimate of drug-likeness (QED) is 0.756. The van der Waals surface area contributed by atoms with Crippen molar-refractivity contribution >= 4 is 11.0 Å². The summed E-state index contributed by atoms with van der Waals surface area (Å²) in [6.07, 6.45) is 0. The van der Waals surface area contributed by atoms with E-state index in [9.17, 15) is 0 Å². The molecule has 0 bridgehead atoms. The van der Waals surface area contributed by atoms with Crippen LogP contribution in [0.25, 0.3) is 11.0 Å². The molecule has 1 atom stereocenters. The van der Waals surface area contributed by atoms with Gasteiger partial charge in [-0.3, -0.25) is 0 Å².